The average Bonchev–Trinajstić information content (AvgIpc) is 3.38. The third-order valence-electron chi connectivity index (χ3n) is 4.15. The van der Waals surface area contributed by atoms with E-state index in [9.17, 15) is 9.59 Å². The molecule has 3 aromatic rings. The van der Waals surface area contributed by atoms with Crippen molar-refractivity contribution < 1.29 is 14.3 Å². The zero-order chi connectivity index (χ0) is 19.7. The van der Waals surface area contributed by atoms with E-state index < -0.39 is 6.10 Å². The minimum atomic E-state index is -0.591. The van der Waals surface area contributed by atoms with Gasteiger partial charge in [0.1, 0.15) is 5.75 Å². The highest BCUT2D eigenvalue weighted by Crippen LogP contribution is 2.33. The number of nitrogens with one attached hydrogen (secondary N) is 2. The maximum atomic E-state index is 12.5. The van der Waals surface area contributed by atoms with E-state index >= 15 is 0 Å². The van der Waals surface area contributed by atoms with Crippen molar-refractivity contribution in [2.75, 3.05) is 5.32 Å². The van der Waals surface area contributed by atoms with Crippen LogP contribution in [0.3, 0.4) is 0 Å². The Hall–Kier alpha value is -2.42. The lowest BCUT2D eigenvalue weighted by atomic mass is 10.1. The molecule has 9 heteroatoms. The van der Waals surface area contributed by atoms with Crippen molar-refractivity contribution in [2.45, 2.75) is 26.0 Å². The van der Waals surface area contributed by atoms with E-state index in [0.29, 0.717) is 28.9 Å². The SMILES string of the molecule is CC(=O)NCc1ccc(-c2csc(NC(=O)[C@@H]3Cc4cc(Cl)ccc4O3)n2)s1. The van der Waals surface area contributed by atoms with Gasteiger partial charge in [0.05, 0.1) is 17.1 Å². The van der Waals surface area contributed by atoms with Gasteiger partial charge in [-0.25, -0.2) is 4.98 Å². The highest BCUT2D eigenvalue weighted by Gasteiger charge is 2.29. The van der Waals surface area contributed by atoms with Crippen molar-refractivity contribution in [3.8, 4) is 16.3 Å². The van der Waals surface area contributed by atoms with Crippen molar-refractivity contribution in [2.24, 2.45) is 0 Å². The maximum Gasteiger partial charge on any atom is 0.267 e. The van der Waals surface area contributed by atoms with Gasteiger partial charge >= 0.3 is 0 Å². The quantitative estimate of drug-likeness (QED) is 0.634. The fraction of sp³-hybridized carbons (Fsp3) is 0.211. The zero-order valence-corrected chi connectivity index (χ0v) is 17.2. The molecule has 4 rings (SSSR count). The second kappa shape index (κ2) is 7.90. The van der Waals surface area contributed by atoms with E-state index in [2.05, 4.69) is 15.6 Å². The fourth-order valence-electron chi connectivity index (χ4n) is 2.82. The number of carbonyl (C=O) groups is 2. The van der Waals surface area contributed by atoms with Crippen LogP contribution in [0.2, 0.25) is 5.02 Å². The Morgan fingerprint density at radius 3 is 3.00 bits per heavy atom. The van der Waals surface area contributed by atoms with Gasteiger partial charge in [0.2, 0.25) is 5.91 Å². The summed E-state index contributed by atoms with van der Waals surface area (Å²) in [5.74, 6) is 0.396. The summed E-state index contributed by atoms with van der Waals surface area (Å²) in [6.45, 7) is 1.99. The van der Waals surface area contributed by atoms with Crippen molar-refractivity contribution >= 4 is 51.2 Å². The molecule has 144 valence electrons. The normalized spacial score (nSPS) is 15.0. The van der Waals surface area contributed by atoms with Crippen molar-refractivity contribution in [1.82, 2.24) is 10.3 Å². The minimum Gasteiger partial charge on any atom is -0.480 e. The van der Waals surface area contributed by atoms with Crippen molar-refractivity contribution in [3.05, 3.63) is 51.2 Å². The van der Waals surface area contributed by atoms with E-state index in [-0.39, 0.29) is 11.8 Å². The number of thiazole rings is 1. The molecule has 0 radical (unpaired) electrons. The number of thiophene rings is 1. The van der Waals surface area contributed by atoms with Crippen LogP contribution in [0.15, 0.2) is 35.7 Å². The third-order valence-corrected chi connectivity index (χ3v) is 6.25. The Balaban J connectivity index is 1.39. The van der Waals surface area contributed by atoms with E-state index in [0.717, 1.165) is 21.0 Å². The summed E-state index contributed by atoms with van der Waals surface area (Å²) in [5.41, 5.74) is 1.72. The molecule has 0 spiro atoms. The smallest absolute Gasteiger partial charge is 0.267 e. The standard InChI is InChI=1S/C19H16ClN3O3S2/c1-10(24)21-8-13-3-5-17(28-13)14-9-27-19(22-14)23-18(25)16-7-11-6-12(20)2-4-15(11)26-16/h2-6,9,16H,7-8H2,1H3,(H,21,24)(H,22,23,25)/t16-/m0/s1. The molecule has 2 aromatic heterocycles. The summed E-state index contributed by atoms with van der Waals surface area (Å²) in [6, 6.07) is 9.27. The molecule has 28 heavy (non-hydrogen) atoms. The largest absolute Gasteiger partial charge is 0.480 e. The number of carbonyl (C=O) groups excluding carboxylic acids is 2. The van der Waals surface area contributed by atoms with Gasteiger partial charge in [-0.3, -0.25) is 14.9 Å². The van der Waals surface area contributed by atoms with E-state index in [1.807, 2.05) is 23.6 Å². The summed E-state index contributed by atoms with van der Waals surface area (Å²) in [6.07, 6.45) is -0.107. The molecule has 0 fully saturated rings. The van der Waals surface area contributed by atoms with Gasteiger partial charge in [-0.2, -0.15) is 0 Å². The van der Waals surface area contributed by atoms with Crippen LogP contribution in [-0.2, 0) is 22.6 Å². The third kappa shape index (κ3) is 4.19. The number of anilines is 1. The second-order valence-corrected chi connectivity index (χ2v) is 8.73. The van der Waals surface area contributed by atoms with Crippen molar-refractivity contribution in [1.29, 1.82) is 0 Å². The zero-order valence-electron chi connectivity index (χ0n) is 14.8. The Kier molecular flexibility index (Phi) is 5.34. The average molecular weight is 434 g/mol. The molecule has 1 aliphatic heterocycles. The molecule has 3 heterocycles. The summed E-state index contributed by atoms with van der Waals surface area (Å²) < 4.78 is 5.71. The van der Waals surface area contributed by atoms with Crippen LogP contribution in [0.25, 0.3) is 10.6 Å². The molecule has 0 saturated heterocycles. The molecule has 2 amide bonds. The number of benzene rings is 1. The highest BCUT2D eigenvalue weighted by atomic mass is 35.5. The summed E-state index contributed by atoms with van der Waals surface area (Å²) in [4.78, 5) is 30.1. The molecule has 0 saturated carbocycles. The molecule has 0 aliphatic carbocycles. The number of ether oxygens (including phenoxy) is 1. The first-order valence-corrected chi connectivity index (χ1v) is 10.6. The number of fused-ring (bicyclic) bond motifs is 1. The van der Waals surface area contributed by atoms with E-state index in [1.54, 1.807) is 23.5 Å². The molecule has 6 nitrogen and oxygen atoms in total. The Morgan fingerprint density at radius 2 is 2.18 bits per heavy atom. The number of amides is 2. The predicted molar refractivity (Wildman–Crippen MR) is 111 cm³/mol. The van der Waals surface area contributed by atoms with E-state index in [4.69, 9.17) is 16.3 Å². The first-order valence-electron chi connectivity index (χ1n) is 8.53. The topological polar surface area (TPSA) is 80.3 Å². The summed E-state index contributed by atoms with van der Waals surface area (Å²) >= 11 is 8.91. The summed E-state index contributed by atoms with van der Waals surface area (Å²) in [5, 5.41) is 8.65. The van der Waals surface area contributed by atoms with Crippen LogP contribution >= 0.6 is 34.3 Å². The number of rotatable bonds is 5. The van der Waals surface area contributed by atoms with Crippen molar-refractivity contribution in [3.63, 3.8) is 0 Å². The Labute approximate surface area is 174 Å². The minimum absolute atomic E-state index is 0.0628. The van der Waals surface area contributed by atoms with Crippen LogP contribution in [0, 0.1) is 0 Å². The molecule has 0 bridgehead atoms. The van der Waals surface area contributed by atoms with Crippen LogP contribution in [0.4, 0.5) is 5.13 Å². The first kappa shape index (κ1) is 18.9. The monoisotopic (exact) mass is 433 g/mol. The van der Waals surface area contributed by atoms with Gasteiger partial charge in [0, 0.05) is 28.6 Å². The maximum absolute atomic E-state index is 12.5. The second-order valence-electron chi connectivity index (χ2n) is 6.27. The number of hydrogen-bond donors (Lipinski definition) is 2. The molecule has 2 N–H and O–H groups in total. The van der Waals surface area contributed by atoms with Gasteiger partial charge in [-0.15, -0.1) is 22.7 Å². The number of nitrogens with zero attached hydrogens (tertiary/aromatic N) is 1. The van der Waals surface area contributed by atoms with Gasteiger partial charge in [0.25, 0.3) is 5.91 Å². The van der Waals surface area contributed by atoms with Crippen LogP contribution < -0.4 is 15.4 Å². The lowest BCUT2D eigenvalue weighted by Crippen LogP contribution is -2.31. The van der Waals surface area contributed by atoms with Crippen LogP contribution in [0.5, 0.6) is 5.75 Å². The molecule has 1 aliphatic rings. The van der Waals surface area contributed by atoms with Gasteiger partial charge in [0.15, 0.2) is 11.2 Å². The van der Waals surface area contributed by atoms with Crippen LogP contribution in [-0.4, -0.2) is 22.9 Å². The molecular formula is C19H16ClN3O3S2. The summed E-state index contributed by atoms with van der Waals surface area (Å²) in [7, 11) is 0. The molecular weight excluding hydrogens is 418 g/mol. The lowest BCUT2D eigenvalue weighted by molar-refractivity contribution is -0.122. The predicted octanol–water partition coefficient (Wildman–Crippen LogP) is 4.10. The van der Waals surface area contributed by atoms with E-state index in [1.165, 1.54) is 18.3 Å². The van der Waals surface area contributed by atoms with Gasteiger partial charge in [-0.05, 0) is 35.9 Å². The molecule has 1 atom stereocenters. The molecule has 0 unspecified atom stereocenters. The molecule has 1 aromatic carbocycles. The first-order chi connectivity index (χ1) is 13.5. The lowest BCUT2D eigenvalue weighted by Gasteiger charge is -2.09. The van der Waals surface area contributed by atoms with Crippen LogP contribution in [0.1, 0.15) is 17.4 Å². The highest BCUT2D eigenvalue weighted by molar-refractivity contribution is 7.17. The number of hydrogen-bond acceptors (Lipinski definition) is 6. The Bertz CT molecular complexity index is 1050. The number of halogens is 1. The van der Waals surface area contributed by atoms with Gasteiger partial charge in [-0.1, -0.05) is 11.6 Å². The Morgan fingerprint density at radius 1 is 1.32 bits per heavy atom. The number of aromatic nitrogens is 1. The van der Waals surface area contributed by atoms with Gasteiger partial charge < -0.3 is 10.1 Å². The fourth-order valence-corrected chi connectivity index (χ4v) is 4.71.